The number of rotatable bonds is 2. The molecule has 0 spiro atoms. The summed E-state index contributed by atoms with van der Waals surface area (Å²) < 4.78 is 27.6. The highest BCUT2D eigenvalue weighted by Crippen LogP contribution is 2.20. The lowest BCUT2D eigenvalue weighted by Crippen LogP contribution is -2.27. The maximum Gasteiger partial charge on any atom is 0.396 e. The first-order valence-corrected chi connectivity index (χ1v) is 11.3. The summed E-state index contributed by atoms with van der Waals surface area (Å²) in [7, 11) is 0.902. The fourth-order valence-electron chi connectivity index (χ4n) is 1.23. The highest BCUT2D eigenvalue weighted by Gasteiger charge is 2.18. The molecule has 0 atom stereocenters. The molecular formula is C16H24N2O8S2. The number of benzene rings is 1. The molecule has 158 valence electrons. The molecule has 0 aliphatic carbocycles. The van der Waals surface area contributed by atoms with E-state index in [-0.39, 0.29) is 11.4 Å². The number of carbonyl (C=O) groups excluding carboxylic acids is 4. The number of para-hydroxylation sites is 2. The summed E-state index contributed by atoms with van der Waals surface area (Å²) in [6, 6.07) is 6.02. The zero-order chi connectivity index (χ0) is 22.3. The van der Waals surface area contributed by atoms with Crippen molar-refractivity contribution in [3.05, 3.63) is 24.3 Å². The summed E-state index contributed by atoms with van der Waals surface area (Å²) in [5.41, 5.74) is 0.278. The van der Waals surface area contributed by atoms with E-state index in [1.807, 2.05) is 0 Å². The van der Waals surface area contributed by atoms with Crippen LogP contribution in [0.3, 0.4) is 0 Å². The smallest absolute Gasteiger partial charge is 0.396 e. The second kappa shape index (κ2) is 15.5. The van der Waals surface area contributed by atoms with Gasteiger partial charge in [-0.2, -0.15) is 0 Å². The van der Waals surface area contributed by atoms with Crippen LogP contribution >= 0.6 is 0 Å². The zero-order valence-electron chi connectivity index (χ0n) is 16.4. The molecule has 0 saturated carbocycles. The lowest BCUT2D eigenvalue weighted by Gasteiger charge is -2.10. The predicted molar refractivity (Wildman–Crippen MR) is 108 cm³/mol. The van der Waals surface area contributed by atoms with Crippen LogP contribution in [0.1, 0.15) is 0 Å². The van der Waals surface area contributed by atoms with Gasteiger partial charge < -0.3 is 20.1 Å². The van der Waals surface area contributed by atoms with E-state index in [0.717, 1.165) is 14.2 Å². The number of nitrogens with one attached hydrogen (secondary N) is 2. The predicted octanol–water partition coefficient (Wildman–Crippen LogP) is -0.101. The van der Waals surface area contributed by atoms with Crippen LogP contribution in [-0.2, 0) is 50.3 Å². The van der Waals surface area contributed by atoms with Crippen molar-refractivity contribution < 1.29 is 37.1 Å². The maximum atomic E-state index is 11.4. The molecule has 1 aromatic carbocycles. The maximum absolute atomic E-state index is 11.4. The van der Waals surface area contributed by atoms with Crippen LogP contribution in [0.5, 0.6) is 0 Å². The average molecular weight is 437 g/mol. The van der Waals surface area contributed by atoms with Crippen molar-refractivity contribution in [2.24, 2.45) is 0 Å². The second-order valence-electron chi connectivity index (χ2n) is 4.92. The fourth-order valence-corrected chi connectivity index (χ4v) is 1.23. The molecule has 1 rings (SSSR count). The van der Waals surface area contributed by atoms with Gasteiger partial charge in [0.2, 0.25) is 0 Å². The summed E-state index contributed by atoms with van der Waals surface area (Å²) in [5, 5.41) is 4.49. The van der Waals surface area contributed by atoms with Crippen molar-refractivity contribution in [2.75, 3.05) is 49.9 Å². The van der Waals surface area contributed by atoms with Gasteiger partial charge in [0.1, 0.15) is 0 Å². The van der Waals surface area contributed by atoms with Crippen LogP contribution < -0.4 is 10.6 Å². The Morgan fingerprint density at radius 3 is 1.18 bits per heavy atom. The van der Waals surface area contributed by atoms with E-state index in [2.05, 4.69) is 20.1 Å². The summed E-state index contributed by atoms with van der Waals surface area (Å²) in [6.07, 6.45) is 6.56. The number of carbonyl (C=O) groups is 4. The summed E-state index contributed by atoms with van der Waals surface area (Å²) in [5.74, 6) is -4.18. The second-order valence-corrected chi connectivity index (χ2v) is 7.89. The molecule has 2 N–H and O–H groups in total. The van der Waals surface area contributed by atoms with Crippen molar-refractivity contribution >= 4 is 56.7 Å². The molecular weight excluding hydrogens is 412 g/mol. The molecule has 1 aromatic rings. The summed E-state index contributed by atoms with van der Waals surface area (Å²) >= 11 is 0. The van der Waals surface area contributed by atoms with Gasteiger partial charge in [0.25, 0.3) is 0 Å². The quantitative estimate of drug-likeness (QED) is 0.483. The Balaban J connectivity index is 0. The molecule has 0 radical (unpaired) electrons. The molecule has 0 heterocycles. The minimum Gasteiger partial charge on any atom is -0.462 e. The normalized spacial score (nSPS) is 9.14. The van der Waals surface area contributed by atoms with Crippen LogP contribution in [0.4, 0.5) is 11.4 Å². The minimum absolute atomic E-state index is 0.139. The van der Waals surface area contributed by atoms with E-state index >= 15 is 0 Å². The van der Waals surface area contributed by atoms with Gasteiger partial charge >= 0.3 is 23.8 Å². The molecule has 28 heavy (non-hydrogen) atoms. The van der Waals surface area contributed by atoms with E-state index in [9.17, 15) is 27.6 Å². The molecule has 0 aliphatic rings. The van der Waals surface area contributed by atoms with Gasteiger partial charge in [-0.15, -0.1) is 0 Å². The highest BCUT2D eigenvalue weighted by atomic mass is 32.2. The minimum atomic E-state index is -1.08. The van der Waals surface area contributed by atoms with Crippen molar-refractivity contribution in [1.29, 1.82) is 0 Å². The van der Waals surface area contributed by atoms with Crippen LogP contribution in [0.25, 0.3) is 0 Å². The lowest BCUT2D eigenvalue weighted by atomic mass is 10.2. The number of esters is 2. The average Bonchev–Trinajstić information content (AvgIpc) is 2.60. The molecule has 0 fully saturated rings. The zero-order valence-corrected chi connectivity index (χ0v) is 18.0. The topological polar surface area (TPSA) is 145 Å². The van der Waals surface area contributed by atoms with Crippen LogP contribution in [0.15, 0.2) is 24.3 Å². The van der Waals surface area contributed by atoms with Gasteiger partial charge in [-0.1, -0.05) is 12.1 Å². The van der Waals surface area contributed by atoms with E-state index < -0.39 is 45.4 Å². The van der Waals surface area contributed by atoms with Crippen molar-refractivity contribution in [2.45, 2.75) is 0 Å². The monoisotopic (exact) mass is 436 g/mol. The third kappa shape index (κ3) is 14.6. The molecule has 0 unspecified atom stereocenters. The SMILES string of the molecule is COC(=O)C(=O)Nc1ccccc1NC(=O)C(=O)OC.CS(C)=O.CS(C)=O. The van der Waals surface area contributed by atoms with Crippen LogP contribution in [0, 0.1) is 0 Å². The first-order chi connectivity index (χ1) is 13.0. The molecule has 0 saturated heterocycles. The Morgan fingerprint density at radius 1 is 0.714 bits per heavy atom. The van der Waals surface area contributed by atoms with E-state index in [1.54, 1.807) is 37.2 Å². The Labute approximate surface area is 168 Å². The van der Waals surface area contributed by atoms with Gasteiger partial charge in [0, 0.05) is 46.6 Å². The number of hydrogen-bond acceptors (Lipinski definition) is 8. The number of amides is 2. The molecule has 12 heteroatoms. The summed E-state index contributed by atoms with van der Waals surface area (Å²) in [4.78, 5) is 44.8. The van der Waals surface area contributed by atoms with Crippen LogP contribution in [-0.4, -0.2) is 71.4 Å². The Morgan fingerprint density at radius 2 is 0.964 bits per heavy atom. The Bertz CT molecular complexity index is 668. The van der Waals surface area contributed by atoms with E-state index in [0.29, 0.717) is 0 Å². The molecule has 0 aliphatic heterocycles. The van der Waals surface area contributed by atoms with Gasteiger partial charge in [-0.05, 0) is 12.1 Å². The molecule has 2 amide bonds. The Hall–Kier alpha value is -2.60. The van der Waals surface area contributed by atoms with Gasteiger partial charge in [0.15, 0.2) is 0 Å². The van der Waals surface area contributed by atoms with Crippen molar-refractivity contribution in [1.82, 2.24) is 0 Å². The molecule has 0 bridgehead atoms. The van der Waals surface area contributed by atoms with Gasteiger partial charge in [0.05, 0.1) is 25.6 Å². The van der Waals surface area contributed by atoms with E-state index in [4.69, 9.17) is 0 Å². The van der Waals surface area contributed by atoms with Gasteiger partial charge in [-0.3, -0.25) is 18.0 Å². The van der Waals surface area contributed by atoms with Gasteiger partial charge in [-0.25, -0.2) is 9.59 Å². The van der Waals surface area contributed by atoms with Crippen molar-refractivity contribution in [3.63, 3.8) is 0 Å². The highest BCUT2D eigenvalue weighted by molar-refractivity contribution is 7.83. The molecule has 10 nitrogen and oxygen atoms in total. The molecule has 0 aromatic heterocycles. The number of methoxy groups -OCH3 is 2. The number of hydrogen-bond donors (Lipinski definition) is 2. The standard InChI is InChI=1S/C12H12N2O6.2C2H6OS/c1-19-11(17)9(15)13-7-5-3-4-6-8(7)14-10(16)12(18)20-2;2*1-4(2)3/h3-6H,1-2H3,(H,13,15)(H,14,16);2*1-2H3. The Kier molecular flexibility index (Phi) is 15.2. The first-order valence-electron chi connectivity index (χ1n) is 7.33. The first kappa shape index (κ1) is 27.6. The van der Waals surface area contributed by atoms with Crippen LogP contribution in [0.2, 0.25) is 0 Å². The number of anilines is 2. The third-order valence-electron chi connectivity index (χ3n) is 2.17. The fraction of sp³-hybridized carbons (Fsp3) is 0.375. The lowest BCUT2D eigenvalue weighted by molar-refractivity contribution is -0.150. The van der Waals surface area contributed by atoms with E-state index in [1.165, 1.54) is 12.1 Å². The number of ether oxygens (including phenoxy) is 2. The third-order valence-corrected chi connectivity index (χ3v) is 2.17. The largest absolute Gasteiger partial charge is 0.462 e. The summed E-state index contributed by atoms with van der Waals surface area (Å²) in [6.45, 7) is 0. The van der Waals surface area contributed by atoms with Crippen molar-refractivity contribution in [3.8, 4) is 0 Å².